The largest absolute Gasteiger partial charge is 0.496 e. The molecular formula is C18H30N2O5S. The molecular weight excluding hydrogens is 356 g/mol. The standard InChI is InChI=1S/C18H30N2O5S/c1-4-6-11-16(9-5-2)26(23,24)20(14-18(21)19-22)13-15-10-7-8-12-17(15)25-3/h7-8,10,12,16,22H,4-6,9,11,13-14H2,1-3H3,(H,19,21). The van der Waals surface area contributed by atoms with Gasteiger partial charge in [0.1, 0.15) is 5.75 Å². The molecule has 0 aliphatic carbocycles. The topological polar surface area (TPSA) is 95.9 Å². The van der Waals surface area contributed by atoms with Gasteiger partial charge in [0, 0.05) is 12.1 Å². The van der Waals surface area contributed by atoms with Gasteiger partial charge < -0.3 is 4.74 Å². The molecule has 0 fully saturated rings. The summed E-state index contributed by atoms with van der Waals surface area (Å²) < 4.78 is 32.8. The fourth-order valence-electron chi connectivity index (χ4n) is 2.86. The average Bonchev–Trinajstić information content (AvgIpc) is 2.64. The van der Waals surface area contributed by atoms with E-state index >= 15 is 0 Å². The minimum Gasteiger partial charge on any atom is -0.496 e. The van der Waals surface area contributed by atoms with Gasteiger partial charge in [-0.2, -0.15) is 4.31 Å². The van der Waals surface area contributed by atoms with Crippen LogP contribution in [0.15, 0.2) is 24.3 Å². The van der Waals surface area contributed by atoms with Crippen LogP contribution in [0.1, 0.15) is 51.5 Å². The molecule has 1 aromatic rings. The van der Waals surface area contributed by atoms with Gasteiger partial charge in [-0.05, 0) is 18.9 Å². The third-order valence-corrected chi connectivity index (χ3v) is 6.55. The third-order valence-electron chi connectivity index (χ3n) is 4.26. The number of methoxy groups -OCH3 is 1. The molecule has 0 saturated carbocycles. The molecule has 7 nitrogen and oxygen atoms in total. The SMILES string of the molecule is CCCCC(CCC)S(=O)(=O)N(CC(=O)NO)Cc1ccccc1OC. The number of hydrogen-bond donors (Lipinski definition) is 2. The Morgan fingerprint density at radius 2 is 1.92 bits per heavy atom. The van der Waals surface area contributed by atoms with Gasteiger partial charge >= 0.3 is 0 Å². The second kappa shape index (κ2) is 11.2. The molecule has 0 bridgehead atoms. The van der Waals surface area contributed by atoms with E-state index in [1.165, 1.54) is 12.6 Å². The maximum atomic E-state index is 13.2. The quantitative estimate of drug-likeness (QED) is 0.425. The number of carbonyl (C=O) groups excluding carboxylic acids is 1. The third kappa shape index (κ3) is 6.26. The van der Waals surface area contributed by atoms with Crippen molar-refractivity contribution < 1.29 is 23.2 Å². The number of unbranched alkanes of at least 4 members (excludes halogenated alkanes) is 1. The minimum atomic E-state index is -3.72. The number of ether oxygens (including phenoxy) is 1. The maximum absolute atomic E-state index is 13.2. The second-order valence-corrected chi connectivity index (χ2v) is 8.43. The first-order valence-corrected chi connectivity index (χ1v) is 10.4. The number of benzene rings is 1. The number of nitrogens with zero attached hydrogens (tertiary/aromatic N) is 1. The number of para-hydroxylation sites is 1. The van der Waals surface area contributed by atoms with Crippen LogP contribution >= 0.6 is 0 Å². The highest BCUT2D eigenvalue weighted by Gasteiger charge is 2.33. The zero-order valence-electron chi connectivity index (χ0n) is 15.8. The summed E-state index contributed by atoms with van der Waals surface area (Å²) in [5, 5.41) is 8.31. The van der Waals surface area contributed by atoms with E-state index in [0.717, 1.165) is 23.6 Å². The molecule has 0 aliphatic heterocycles. The monoisotopic (exact) mass is 386 g/mol. The fraction of sp³-hybridized carbons (Fsp3) is 0.611. The lowest BCUT2D eigenvalue weighted by molar-refractivity contribution is -0.129. The van der Waals surface area contributed by atoms with Crippen LogP contribution in [0, 0.1) is 0 Å². The lowest BCUT2D eigenvalue weighted by Crippen LogP contribution is -2.43. The number of hydroxylamine groups is 1. The van der Waals surface area contributed by atoms with Crippen molar-refractivity contribution in [3.63, 3.8) is 0 Å². The molecule has 2 N–H and O–H groups in total. The molecule has 0 heterocycles. The average molecular weight is 387 g/mol. The number of hydrogen-bond acceptors (Lipinski definition) is 5. The summed E-state index contributed by atoms with van der Waals surface area (Å²) in [6.07, 6.45) is 3.53. The van der Waals surface area contributed by atoms with Gasteiger partial charge in [-0.25, -0.2) is 13.9 Å². The Kier molecular flexibility index (Phi) is 9.61. The second-order valence-electron chi connectivity index (χ2n) is 6.21. The van der Waals surface area contributed by atoms with Crippen molar-refractivity contribution in [2.24, 2.45) is 0 Å². The van der Waals surface area contributed by atoms with Crippen molar-refractivity contribution in [1.82, 2.24) is 9.79 Å². The number of carbonyl (C=O) groups is 1. The molecule has 8 heteroatoms. The van der Waals surface area contributed by atoms with Gasteiger partial charge in [0.15, 0.2) is 0 Å². The minimum absolute atomic E-state index is 0.00606. The lowest BCUT2D eigenvalue weighted by Gasteiger charge is -2.27. The molecule has 1 atom stereocenters. The van der Waals surface area contributed by atoms with E-state index < -0.39 is 27.7 Å². The normalized spacial score (nSPS) is 12.8. The Hall–Kier alpha value is -1.64. The van der Waals surface area contributed by atoms with E-state index in [1.807, 2.05) is 13.8 Å². The molecule has 1 unspecified atom stereocenters. The molecule has 0 spiro atoms. The predicted molar refractivity (Wildman–Crippen MR) is 100 cm³/mol. The van der Waals surface area contributed by atoms with Crippen molar-refractivity contribution in [3.8, 4) is 5.75 Å². The zero-order valence-corrected chi connectivity index (χ0v) is 16.6. The Balaban J connectivity index is 3.18. The molecule has 0 radical (unpaired) electrons. The van der Waals surface area contributed by atoms with Crippen LogP contribution in [0.4, 0.5) is 0 Å². The van der Waals surface area contributed by atoms with Gasteiger partial charge in [-0.1, -0.05) is 51.3 Å². The first-order valence-electron chi connectivity index (χ1n) is 8.94. The summed E-state index contributed by atoms with van der Waals surface area (Å²) in [5.74, 6) is -0.216. The van der Waals surface area contributed by atoms with Gasteiger partial charge in [-0.3, -0.25) is 10.0 Å². The molecule has 1 aromatic carbocycles. The summed E-state index contributed by atoms with van der Waals surface area (Å²) >= 11 is 0. The maximum Gasteiger partial charge on any atom is 0.258 e. The molecule has 26 heavy (non-hydrogen) atoms. The van der Waals surface area contributed by atoms with E-state index in [0.29, 0.717) is 24.2 Å². The molecule has 0 saturated heterocycles. The Morgan fingerprint density at radius 3 is 2.50 bits per heavy atom. The Labute approximate surface area is 156 Å². The van der Waals surface area contributed by atoms with Crippen LogP contribution < -0.4 is 10.2 Å². The molecule has 1 rings (SSSR count). The van der Waals surface area contributed by atoms with Gasteiger partial charge in [0.2, 0.25) is 10.0 Å². The summed E-state index contributed by atoms with van der Waals surface area (Å²) in [6, 6.07) is 7.09. The van der Waals surface area contributed by atoms with E-state index in [9.17, 15) is 13.2 Å². The van der Waals surface area contributed by atoms with E-state index in [1.54, 1.807) is 24.3 Å². The van der Waals surface area contributed by atoms with E-state index in [2.05, 4.69) is 0 Å². The predicted octanol–water partition coefficient (Wildman–Crippen LogP) is 2.69. The van der Waals surface area contributed by atoms with Crippen LogP contribution in [-0.2, 0) is 21.4 Å². The molecule has 1 amide bonds. The van der Waals surface area contributed by atoms with Crippen molar-refractivity contribution in [3.05, 3.63) is 29.8 Å². The molecule has 148 valence electrons. The summed E-state index contributed by atoms with van der Waals surface area (Å²) in [4.78, 5) is 11.7. The van der Waals surface area contributed by atoms with Crippen LogP contribution in [0.5, 0.6) is 5.75 Å². The van der Waals surface area contributed by atoms with Crippen molar-refractivity contribution in [1.29, 1.82) is 0 Å². The van der Waals surface area contributed by atoms with Crippen LogP contribution in [0.3, 0.4) is 0 Å². The van der Waals surface area contributed by atoms with Crippen LogP contribution in [-0.4, -0.2) is 42.7 Å². The van der Waals surface area contributed by atoms with Gasteiger partial charge in [0.05, 0.1) is 18.9 Å². The summed E-state index contributed by atoms with van der Waals surface area (Å²) in [5.41, 5.74) is 2.18. The van der Waals surface area contributed by atoms with Gasteiger partial charge in [0.25, 0.3) is 5.91 Å². The fourth-order valence-corrected chi connectivity index (χ4v) is 4.90. The van der Waals surface area contributed by atoms with E-state index in [-0.39, 0.29) is 6.54 Å². The smallest absolute Gasteiger partial charge is 0.258 e. The lowest BCUT2D eigenvalue weighted by atomic mass is 10.1. The first-order chi connectivity index (χ1) is 12.4. The number of rotatable bonds is 12. The first kappa shape index (κ1) is 22.4. The summed E-state index contributed by atoms with van der Waals surface area (Å²) in [6.45, 7) is 3.52. The van der Waals surface area contributed by atoms with Crippen LogP contribution in [0.2, 0.25) is 0 Å². The van der Waals surface area contributed by atoms with E-state index in [4.69, 9.17) is 9.94 Å². The number of sulfonamides is 1. The highest BCUT2D eigenvalue weighted by Crippen LogP contribution is 2.25. The Bertz CT molecular complexity index is 663. The highest BCUT2D eigenvalue weighted by atomic mass is 32.2. The summed E-state index contributed by atoms with van der Waals surface area (Å²) in [7, 11) is -2.21. The van der Waals surface area contributed by atoms with Crippen molar-refractivity contribution >= 4 is 15.9 Å². The van der Waals surface area contributed by atoms with Crippen LogP contribution in [0.25, 0.3) is 0 Å². The van der Waals surface area contributed by atoms with Crippen molar-refractivity contribution in [2.75, 3.05) is 13.7 Å². The Morgan fingerprint density at radius 1 is 1.23 bits per heavy atom. The highest BCUT2D eigenvalue weighted by molar-refractivity contribution is 7.89. The van der Waals surface area contributed by atoms with Gasteiger partial charge in [-0.15, -0.1) is 0 Å². The molecule has 0 aliphatic rings. The molecule has 0 aromatic heterocycles. The van der Waals surface area contributed by atoms with Crippen molar-refractivity contribution in [2.45, 2.75) is 57.7 Å². The number of nitrogens with one attached hydrogen (secondary N) is 1. The zero-order chi connectivity index (χ0) is 19.6. The number of amides is 1.